The zero-order chi connectivity index (χ0) is 18.1. The summed E-state index contributed by atoms with van der Waals surface area (Å²) in [4.78, 5) is 25.2. The Labute approximate surface area is 146 Å². The van der Waals surface area contributed by atoms with Crippen LogP contribution in [0.15, 0.2) is 60.7 Å². The van der Waals surface area contributed by atoms with Gasteiger partial charge in [-0.2, -0.15) is 5.26 Å². The van der Waals surface area contributed by atoms with Crippen molar-refractivity contribution < 1.29 is 14.3 Å². The number of likely N-dealkylation sites (N-methyl/N-ethyl adjacent to an activating group) is 1. The highest BCUT2D eigenvalue weighted by atomic mass is 16.5. The number of hydrogen-bond acceptors (Lipinski definition) is 4. The number of hydrogen-bond donors (Lipinski definition) is 0. The molecule has 0 saturated carbocycles. The van der Waals surface area contributed by atoms with Crippen LogP contribution in [0.2, 0.25) is 0 Å². The molecule has 2 rings (SSSR count). The molecular formula is C20H18N2O3. The van der Waals surface area contributed by atoms with E-state index in [9.17, 15) is 9.59 Å². The Morgan fingerprint density at radius 3 is 2.44 bits per heavy atom. The lowest BCUT2D eigenvalue weighted by Gasteiger charge is -2.16. The average molecular weight is 334 g/mol. The van der Waals surface area contributed by atoms with Crippen molar-refractivity contribution in [3.8, 4) is 6.07 Å². The van der Waals surface area contributed by atoms with Gasteiger partial charge in [0.15, 0.2) is 6.61 Å². The number of benzene rings is 2. The first kappa shape index (κ1) is 18.0. The molecule has 0 saturated heterocycles. The van der Waals surface area contributed by atoms with E-state index in [1.54, 1.807) is 37.4 Å². The number of rotatable bonds is 6. The van der Waals surface area contributed by atoms with E-state index in [0.29, 0.717) is 12.1 Å². The second-order valence-electron chi connectivity index (χ2n) is 5.41. The molecule has 0 heterocycles. The number of carbonyl (C=O) groups excluding carboxylic acids is 2. The van der Waals surface area contributed by atoms with Crippen LogP contribution in [0.5, 0.6) is 0 Å². The molecule has 5 nitrogen and oxygen atoms in total. The SMILES string of the molecule is CN(Cc1ccccc1)C(=O)COC(=O)/C=C/c1ccc(C#N)cc1. The van der Waals surface area contributed by atoms with Crippen molar-refractivity contribution in [2.45, 2.75) is 6.54 Å². The molecule has 2 aromatic rings. The molecule has 0 atom stereocenters. The summed E-state index contributed by atoms with van der Waals surface area (Å²) >= 11 is 0. The molecule has 0 radical (unpaired) electrons. The largest absolute Gasteiger partial charge is 0.452 e. The first-order valence-electron chi connectivity index (χ1n) is 7.71. The smallest absolute Gasteiger partial charge is 0.331 e. The molecule has 0 aromatic heterocycles. The summed E-state index contributed by atoms with van der Waals surface area (Å²) in [6.45, 7) is 0.151. The maximum absolute atomic E-state index is 12.0. The van der Waals surface area contributed by atoms with E-state index in [2.05, 4.69) is 0 Å². The van der Waals surface area contributed by atoms with E-state index >= 15 is 0 Å². The Balaban J connectivity index is 1.79. The topological polar surface area (TPSA) is 70.4 Å². The van der Waals surface area contributed by atoms with Crippen molar-refractivity contribution in [3.05, 3.63) is 77.4 Å². The number of nitriles is 1. The minimum absolute atomic E-state index is 0.274. The van der Waals surface area contributed by atoms with E-state index in [0.717, 1.165) is 11.1 Å². The van der Waals surface area contributed by atoms with Gasteiger partial charge in [-0.05, 0) is 29.3 Å². The summed E-state index contributed by atoms with van der Waals surface area (Å²) in [6, 6.07) is 18.4. The van der Waals surface area contributed by atoms with Crippen molar-refractivity contribution in [3.63, 3.8) is 0 Å². The van der Waals surface area contributed by atoms with E-state index in [-0.39, 0.29) is 12.5 Å². The summed E-state index contributed by atoms with van der Waals surface area (Å²) in [7, 11) is 1.66. The maximum Gasteiger partial charge on any atom is 0.331 e. The van der Waals surface area contributed by atoms with Gasteiger partial charge in [0.2, 0.25) is 0 Å². The van der Waals surface area contributed by atoms with E-state index in [1.165, 1.54) is 11.0 Å². The Morgan fingerprint density at radius 1 is 1.12 bits per heavy atom. The van der Waals surface area contributed by atoms with Crippen molar-refractivity contribution in [1.29, 1.82) is 5.26 Å². The van der Waals surface area contributed by atoms with Crippen molar-refractivity contribution >= 4 is 18.0 Å². The highest BCUT2D eigenvalue weighted by molar-refractivity contribution is 5.89. The fraction of sp³-hybridized carbons (Fsp3) is 0.150. The van der Waals surface area contributed by atoms with Gasteiger partial charge in [-0.3, -0.25) is 4.79 Å². The van der Waals surface area contributed by atoms with Gasteiger partial charge < -0.3 is 9.64 Å². The monoisotopic (exact) mass is 334 g/mol. The van der Waals surface area contributed by atoms with Crippen LogP contribution in [0.1, 0.15) is 16.7 Å². The predicted octanol–water partition coefficient (Wildman–Crippen LogP) is 2.77. The standard InChI is InChI=1S/C20H18N2O3/c1-22(14-18-5-3-2-4-6-18)19(23)15-25-20(24)12-11-16-7-9-17(13-21)10-8-16/h2-12H,14-15H2,1H3/b12-11+. The second-order valence-corrected chi connectivity index (χ2v) is 5.41. The lowest BCUT2D eigenvalue weighted by molar-refractivity contribution is -0.147. The normalized spacial score (nSPS) is 10.2. The molecule has 25 heavy (non-hydrogen) atoms. The Morgan fingerprint density at radius 2 is 1.80 bits per heavy atom. The third-order valence-corrected chi connectivity index (χ3v) is 3.48. The predicted molar refractivity (Wildman–Crippen MR) is 94.1 cm³/mol. The van der Waals surface area contributed by atoms with Crippen LogP contribution < -0.4 is 0 Å². The molecule has 0 aliphatic rings. The lowest BCUT2D eigenvalue weighted by Crippen LogP contribution is -2.30. The van der Waals surface area contributed by atoms with Gasteiger partial charge in [-0.15, -0.1) is 0 Å². The van der Waals surface area contributed by atoms with Gasteiger partial charge in [0.1, 0.15) is 0 Å². The molecule has 0 unspecified atom stereocenters. The lowest BCUT2D eigenvalue weighted by atomic mass is 10.1. The van der Waals surface area contributed by atoms with Crippen LogP contribution in [-0.4, -0.2) is 30.4 Å². The van der Waals surface area contributed by atoms with E-state index < -0.39 is 5.97 Å². The van der Waals surface area contributed by atoms with Gasteiger partial charge in [-0.1, -0.05) is 42.5 Å². The molecule has 0 fully saturated rings. The van der Waals surface area contributed by atoms with Gasteiger partial charge >= 0.3 is 5.97 Å². The molecule has 0 aliphatic heterocycles. The van der Waals surface area contributed by atoms with Crippen molar-refractivity contribution in [2.24, 2.45) is 0 Å². The fourth-order valence-electron chi connectivity index (χ4n) is 2.07. The summed E-state index contributed by atoms with van der Waals surface area (Å²) in [5, 5.41) is 8.73. The molecule has 126 valence electrons. The van der Waals surface area contributed by atoms with Crippen LogP contribution >= 0.6 is 0 Å². The van der Waals surface area contributed by atoms with Gasteiger partial charge in [0.25, 0.3) is 5.91 Å². The van der Waals surface area contributed by atoms with E-state index in [4.69, 9.17) is 10.00 Å². The van der Waals surface area contributed by atoms with Crippen LogP contribution in [0.4, 0.5) is 0 Å². The first-order chi connectivity index (χ1) is 12.1. The van der Waals surface area contributed by atoms with Crippen molar-refractivity contribution in [2.75, 3.05) is 13.7 Å². The molecule has 0 spiro atoms. The summed E-state index contributed by atoms with van der Waals surface area (Å²) in [5.74, 6) is -0.866. The van der Waals surface area contributed by atoms with Crippen LogP contribution in [0.25, 0.3) is 6.08 Å². The second kappa shape index (κ2) is 9.04. The van der Waals surface area contributed by atoms with Gasteiger partial charge in [-0.25, -0.2) is 4.79 Å². The zero-order valence-electron chi connectivity index (χ0n) is 13.9. The molecule has 5 heteroatoms. The average Bonchev–Trinajstić information content (AvgIpc) is 2.65. The van der Waals surface area contributed by atoms with Gasteiger partial charge in [0.05, 0.1) is 11.6 Å². The number of esters is 1. The summed E-state index contributed by atoms with van der Waals surface area (Å²) in [5.41, 5.74) is 2.32. The summed E-state index contributed by atoms with van der Waals surface area (Å²) in [6.07, 6.45) is 2.83. The molecule has 0 aliphatic carbocycles. The Hall–Kier alpha value is -3.39. The highest BCUT2D eigenvalue weighted by Gasteiger charge is 2.11. The quantitative estimate of drug-likeness (QED) is 0.601. The third-order valence-electron chi connectivity index (χ3n) is 3.48. The zero-order valence-corrected chi connectivity index (χ0v) is 13.9. The molecular weight excluding hydrogens is 316 g/mol. The molecule has 0 bridgehead atoms. The minimum Gasteiger partial charge on any atom is -0.452 e. The van der Waals surface area contributed by atoms with E-state index in [1.807, 2.05) is 36.4 Å². The molecule has 2 aromatic carbocycles. The fourth-order valence-corrected chi connectivity index (χ4v) is 2.07. The number of amides is 1. The van der Waals surface area contributed by atoms with Crippen LogP contribution in [0, 0.1) is 11.3 Å². The first-order valence-corrected chi connectivity index (χ1v) is 7.71. The number of nitrogens with zero attached hydrogens (tertiary/aromatic N) is 2. The minimum atomic E-state index is -0.592. The summed E-state index contributed by atoms with van der Waals surface area (Å²) < 4.78 is 4.96. The maximum atomic E-state index is 12.0. The molecule has 1 amide bonds. The van der Waals surface area contributed by atoms with Crippen LogP contribution in [-0.2, 0) is 20.9 Å². The highest BCUT2D eigenvalue weighted by Crippen LogP contribution is 2.06. The van der Waals surface area contributed by atoms with Crippen molar-refractivity contribution in [1.82, 2.24) is 4.90 Å². The van der Waals surface area contributed by atoms with Gasteiger partial charge in [0, 0.05) is 19.7 Å². The number of ether oxygens (including phenoxy) is 1. The van der Waals surface area contributed by atoms with Crippen LogP contribution in [0.3, 0.4) is 0 Å². The Kier molecular flexibility index (Phi) is 6.49. The third kappa shape index (κ3) is 5.96. The number of carbonyl (C=O) groups is 2. The Bertz CT molecular complexity index is 790. The molecule has 0 N–H and O–H groups in total.